The predicted octanol–water partition coefficient (Wildman–Crippen LogP) is 5.30. The van der Waals surface area contributed by atoms with Crippen LogP contribution in [0.3, 0.4) is 0 Å². The zero-order valence-corrected chi connectivity index (χ0v) is 16.9. The Hall–Kier alpha value is -1.17. The van der Waals surface area contributed by atoms with Crippen molar-refractivity contribution in [3.63, 3.8) is 0 Å². The fourth-order valence-electron chi connectivity index (χ4n) is 3.26. The van der Waals surface area contributed by atoms with E-state index < -0.39 is 17.4 Å². The van der Waals surface area contributed by atoms with Gasteiger partial charge in [-0.3, -0.25) is 0 Å². The molecule has 0 N–H and O–H groups in total. The third kappa shape index (κ3) is 5.45. The van der Waals surface area contributed by atoms with Crippen LogP contribution in [0.25, 0.3) is 0 Å². The molecule has 0 saturated carbocycles. The van der Waals surface area contributed by atoms with E-state index in [2.05, 4.69) is 81.4 Å². The van der Waals surface area contributed by atoms with Crippen LogP contribution in [0.1, 0.15) is 31.9 Å². The van der Waals surface area contributed by atoms with Gasteiger partial charge >= 0.3 is 0 Å². The number of hydrogen-bond acceptors (Lipinski definition) is 1. The van der Waals surface area contributed by atoms with E-state index in [4.69, 9.17) is 4.12 Å². The summed E-state index contributed by atoms with van der Waals surface area (Å²) in [4.78, 5) is 0. The lowest BCUT2D eigenvalue weighted by Crippen LogP contribution is -2.44. The maximum Gasteiger partial charge on any atom is 0.178 e. The quantitative estimate of drug-likeness (QED) is 0.562. The normalized spacial score (nSPS) is 11.8. The molecule has 2 aromatic carbocycles. The van der Waals surface area contributed by atoms with E-state index >= 15 is 0 Å². The predicted molar refractivity (Wildman–Crippen MR) is 106 cm³/mol. The molecule has 2 aromatic rings. The summed E-state index contributed by atoms with van der Waals surface area (Å²) in [6, 6.07) is 27.8. The van der Waals surface area contributed by atoms with Crippen molar-refractivity contribution in [2.45, 2.75) is 51.0 Å². The SMILES string of the molecule is CC[Si](CC)(CC)O[SiH](Cc1ccccc1)Cc1ccccc1. The Balaban J connectivity index is 2.16. The van der Waals surface area contributed by atoms with Gasteiger partial charge in [-0.05, 0) is 41.3 Å². The van der Waals surface area contributed by atoms with Crippen molar-refractivity contribution in [3.8, 4) is 0 Å². The number of rotatable bonds is 9. The standard InChI is InChI=1S/C20H30OSi2/c1-4-23(5-2,6-3)21-22(17-19-13-9-7-10-14-19)18-20-15-11-8-12-16-20/h7-16,22H,4-6,17-18H2,1-3H3. The monoisotopic (exact) mass is 342 g/mol. The topological polar surface area (TPSA) is 9.23 Å². The van der Waals surface area contributed by atoms with E-state index in [1.54, 1.807) is 0 Å². The molecule has 0 fully saturated rings. The molecule has 0 radical (unpaired) electrons. The molecule has 0 heterocycles. The minimum atomic E-state index is -1.53. The number of benzene rings is 2. The minimum absolute atomic E-state index is 1.14. The Labute approximate surface area is 144 Å². The second kappa shape index (κ2) is 9.21. The van der Waals surface area contributed by atoms with Crippen molar-refractivity contribution < 1.29 is 4.12 Å². The highest BCUT2D eigenvalue weighted by molar-refractivity contribution is 6.80. The second-order valence-electron chi connectivity index (χ2n) is 6.36. The van der Waals surface area contributed by atoms with E-state index in [0.717, 1.165) is 12.1 Å². The lowest BCUT2D eigenvalue weighted by atomic mass is 10.2. The van der Waals surface area contributed by atoms with Crippen LogP contribution in [-0.4, -0.2) is 17.4 Å². The third-order valence-corrected chi connectivity index (χ3v) is 14.0. The van der Waals surface area contributed by atoms with Gasteiger partial charge in [-0.1, -0.05) is 81.4 Å². The molecule has 0 aliphatic heterocycles. The Kier molecular flexibility index (Phi) is 7.28. The van der Waals surface area contributed by atoms with Gasteiger partial charge in [-0.15, -0.1) is 0 Å². The van der Waals surface area contributed by atoms with Gasteiger partial charge in [0, 0.05) is 0 Å². The van der Waals surface area contributed by atoms with Gasteiger partial charge in [0.05, 0.1) is 0 Å². The first kappa shape index (κ1) is 18.2. The first-order valence-corrected chi connectivity index (χ1v) is 13.6. The summed E-state index contributed by atoms with van der Waals surface area (Å²) in [5.74, 6) is 0. The van der Waals surface area contributed by atoms with Crippen LogP contribution in [0, 0.1) is 0 Å². The maximum absolute atomic E-state index is 6.97. The highest BCUT2D eigenvalue weighted by Crippen LogP contribution is 2.24. The zero-order valence-electron chi connectivity index (χ0n) is 14.8. The molecule has 1 nitrogen and oxygen atoms in total. The van der Waals surface area contributed by atoms with E-state index in [-0.39, 0.29) is 0 Å². The molecule has 0 aromatic heterocycles. The molecule has 0 spiro atoms. The van der Waals surface area contributed by atoms with Gasteiger partial charge in [-0.25, -0.2) is 0 Å². The molecule has 23 heavy (non-hydrogen) atoms. The van der Waals surface area contributed by atoms with Crippen LogP contribution >= 0.6 is 0 Å². The van der Waals surface area contributed by atoms with Gasteiger partial charge in [0.15, 0.2) is 17.4 Å². The highest BCUT2D eigenvalue weighted by atomic mass is 28.4. The number of hydrogen-bond donors (Lipinski definition) is 0. The van der Waals surface area contributed by atoms with Crippen LogP contribution in [0.2, 0.25) is 18.1 Å². The lowest BCUT2D eigenvalue weighted by molar-refractivity contribution is 0.537. The average molecular weight is 343 g/mol. The summed E-state index contributed by atoms with van der Waals surface area (Å²) in [5.41, 5.74) is 2.87. The zero-order chi connectivity index (χ0) is 16.5. The average Bonchev–Trinajstić information content (AvgIpc) is 2.61. The summed E-state index contributed by atoms with van der Waals surface area (Å²) >= 11 is 0. The Bertz CT molecular complexity index is 503. The smallest absolute Gasteiger partial charge is 0.178 e. The molecule has 124 valence electrons. The lowest BCUT2D eigenvalue weighted by Gasteiger charge is -2.33. The van der Waals surface area contributed by atoms with E-state index in [9.17, 15) is 0 Å². The molecule has 0 unspecified atom stereocenters. The maximum atomic E-state index is 6.97. The van der Waals surface area contributed by atoms with Crippen LogP contribution in [0.15, 0.2) is 60.7 Å². The largest absolute Gasteiger partial charge is 0.457 e. The van der Waals surface area contributed by atoms with Gasteiger partial charge in [0.25, 0.3) is 0 Å². The Morgan fingerprint density at radius 1 is 0.696 bits per heavy atom. The fourth-order valence-corrected chi connectivity index (χ4v) is 12.0. The molecule has 0 amide bonds. The van der Waals surface area contributed by atoms with Gasteiger partial charge in [-0.2, -0.15) is 0 Å². The third-order valence-electron chi connectivity index (χ3n) is 4.96. The van der Waals surface area contributed by atoms with E-state index in [1.807, 2.05) is 0 Å². The Morgan fingerprint density at radius 3 is 1.43 bits per heavy atom. The first-order chi connectivity index (χ1) is 11.2. The molecule has 0 saturated heterocycles. The van der Waals surface area contributed by atoms with Crippen molar-refractivity contribution in [2.75, 3.05) is 0 Å². The first-order valence-electron chi connectivity index (χ1n) is 8.97. The molecule has 0 aliphatic carbocycles. The summed E-state index contributed by atoms with van der Waals surface area (Å²) in [7, 11) is -2.83. The summed E-state index contributed by atoms with van der Waals surface area (Å²) in [6.45, 7) is 6.99. The summed E-state index contributed by atoms with van der Waals surface area (Å²) < 4.78 is 6.97. The highest BCUT2D eigenvalue weighted by Gasteiger charge is 2.32. The second-order valence-corrected chi connectivity index (χ2v) is 13.9. The van der Waals surface area contributed by atoms with Crippen molar-refractivity contribution in [1.82, 2.24) is 0 Å². The van der Waals surface area contributed by atoms with Crippen LogP contribution in [-0.2, 0) is 16.2 Å². The molecule has 0 aliphatic rings. The van der Waals surface area contributed by atoms with Gasteiger partial charge in [0.2, 0.25) is 0 Å². The molecule has 0 bridgehead atoms. The summed E-state index contributed by atoms with van der Waals surface area (Å²) in [5, 5.41) is 0. The molecular formula is C20H30OSi2. The van der Waals surface area contributed by atoms with Crippen molar-refractivity contribution in [2.24, 2.45) is 0 Å². The fraction of sp³-hybridized carbons (Fsp3) is 0.400. The van der Waals surface area contributed by atoms with Crippen molar-refractivity contribution in [1.29, 1.82) is 0 Å². The van der Waals surface area contributed by atoms with E-state index in [0.29, 0.717) is 0 Å². The molecule has 0 atom stereocenters. The molecule has 3 heteroatoms. The van der Waals surface area contributed by atoms with Gasteiger partial charge in [0.1, 0.15) is 0 Å². The Morgan fingerprint density at radius 2 is 1.09 bits per heavy atom. The van der Waals surface area contributed by atoms with Crippen LogP contribution < -0.4 is 0 Å². The van der Waals surface area contributed by atoms with Gasteiger partial charge < -0.3 is 4.12 Å². The van der Waals surface area contributed by atoms with E-state index in [1.165, 1.54) is 29.3 Å². The van der Waals surface area contributed by atoms with Crippen molar-refractivity contribution in [3.05, 3.63) is 71.8 Å². The molecule has 2 rings (SSSR count). The van der Waals surface area contributed by atoms with Crippen molar-refractivity contribution >= 4 is 17.4 Å². The molecular weight excluding hydrogens is 312 g/mol. The summed E-state index contributed by atoms with van der Waals surface area (Å²) in [6.07, 6.45) is 0. The minimum Gasteiger partial charge on any atom is -0.457 e. The van der Waals surface area contributed by atoms with Crippen LogP contribution in [0.4, 0.5) is 0 Å². The van der Waals surface area contributed by atoms with Crippen LogP contribution in [0.5, 0.6) is 0 Å².